The van der Waals surface area contributed by atoms with Crippen molar-refractivity contribution in [2.24, 2.45) is 11.1 Å². The third-order valence-corrected chi connectivity index (χ3v) is 4.46. The van der Waals surface area contributed by atoms with Gasteiger partial charge in [0.1, 0.15) is 11.5 Å². The lowest BCUT2D eigenvalue weighted by atomic mass is 9.82. The number of hydrogen-bond acceptors (Lipinski definition) is 3. The maximum Gasteiger partial charge on any atom is 0.133 e. The summed E-state index contributed by atoms with van der Waals surface area (Å²) in [6, 6.07) is 8.09. The highest BCUT2D eigenvalue weighted by molar-refractivity contribution is 5.79. The van der Waals surface area contributed by atoms with Crippen molar-refractivity contribution in [2.45, 2.75) is 51.9 Å². The predicted octanol–water partition coefficient (Wildman–Crippen LogP) is 3.67. The van der Waals surface area contributed by atoms with E-state index in [9.17, 15) is 4.79 Å². The van der Waals surface area contributed by atoms with Gasteiger partial charge in [0, 0.05) is 12.8 Å². The molecule has 0 bridgehead atoms. The quantitative estimate of drug-likeness (QED) is 0.833. The topological polar surface area (TPSA) is 52.3 Å². The second-order valence-electron chi connectivity index (χ2n) is 6.82. The summed E-state index contributed by atoms with van der Waals surface area (Å²) >= 11 is 0. The van der Waals surface area contributed by atoms with Crippen molar-refractivity contribution >= 4 is 5.78 Å². The molecule has 1 aliphatic rings. The third-order valence-electron chi connectivity index (χ3n) is 4.46. The molecule has 1 heterocycles. The summed E-state index contributed by atoms with van der Waals surface area (Å²) in [5, 5.41) is 0. The first-order chi connectivity index (χ1) is 10.0. The smallest absolute Gasteiger partial charge is 0.133 e. The lowest BCUT2D eigenvalue weighted by Crippen LogP contribution is -2.20. The molecule has 3 heteroatoms. The van der Waals surface area contributed by atoms with Crippen LogP contribution in [0.4, 0.5) is 0 Å². The minimum Gasteiger partial charge on any atom is -0.493 e. The van der Waals surface area contributed by atoms with Crippen molar-refractivity contribution in [1.29, 1.82) is 0 Å². The number of carbonyl (C=O) groups is 1. The second-order valence-corrected chi connectivity index (χ2v) is 6.82. The van der Waals surface area contributed by atoms with E-state index >= 15 is 0 Å². The molecule has 0 aromatic heterocycles. The number of para-hydroxylation sites is 1. The number of carbonyl (C=O) groups excluding carboxylic acids is 1. The summed E-state index contributed by atoms with van der Waals surface area (Å²) in [5.41, 5.74) is 6.98. The molecule has 0 fully saturated rings. The number of fused-ring (bicyclic) bond motifs is 1. The van der Waals surface area contributed by atoms with Gasteiger partial charge in [-0.3, -0.25) is 4.79 Å². The minimum atomic E-state index is 0.165. The van der Waals surface area contributed by atoms with Crippen molar-refractivity contribution in [3.05, 3.63) is 29.8 Å². The van der Waals surface area contributed by atoms with Gasteiger partial charge < -0.3 is 10.5 Å². The van der Waals surface area contributed by atoms with Crippen LogP contribution in [-0.4, -0.2) is 18.9 Å². The summed E-state index contributed by atoms with van der Waals surface area (Å²) in [4.78, 5) is 12.3. The number of benzene rings is 1. The molecule has 2 N–H and O–H groups in total. The number of Topliss-reactive ketones (excluding diaryl/α,β-unsaturated/α-hetero) is 1. The normalized spacial score (nSPS) is 18.0. The Bertz CT molecular complexity index is 482. The molecule has 0 saturated carbocycles. The molecule has 1 aromatic carbocycles. The summed E-state index contributed by atoms with van der Waals surface area (Å²) < 4.78 is 5.66. The van der Waals surface area contributed by atoms with E-state index in [1.165, 1.54) is 5.56 Å². The van der Waals surface area contributed by atoms with Crippen molar-refractivity contribution in [3.8, 4) is 5.75 Å². The van der Waals surface area contributed by atoms with Crippen LogP contribution in [0.25, 0.3) is 0 Å². The SMILES string of the molecule is CC(C)(CCN)CCC(=O)CC1CCOc2ccccc21. The van der Waals surface area contributed by atoms with E-state index in [2.05, 4.69) is 19.9 Å². The minimum absolute atomic E-state index is 0.165. The van der Waals surface area contributed by atoms with E-state index in [0.717, 1.165) is 25.0 Å². The molecule has 0 spiro atoms. The zero-order valence-electron chi connectivity index (χ0n) is 13.2. The van der Waals surface area contributed by atoms with E-state index in [1.54, 1.807) is 0 Å². The molecule has 0 radical (unpaired) electrons. The monoisotopic (exact) mass is 289 g/mol. The van der Waals surface area contributed by atoms with Crippen LogP contribution in [0.5, 0.6) is 5.75 Å². The highest BCUT2D eigenvalue weighted by Gasteiger charge is 2.24. The maximum atomic E-state index is 12.3. The third kappa shape index (κ3) is 4.57. The van der Waals surface area contributed by atoms with E-state index in [4.69, 9.17) is 10.5 Å². The summed E-state index contributed by atoms with van der Waals surface area (Å²) in [5.74, 6) is 1.63. The van der Waals surface area contributed by atoms with Crippen LogP contribution >= 0.6 is 0 Å². The van der Waals surface area contributed by atoms with Gasteiger partial charge in [-0.1, -0.05) is 32.0 Å². The fourth-order valence-electron chi connectivity index (χ4n) is 3.00. The van der Waals surface area contributed by atoms with Gasteiger partial charge in [0.2, 0.25) is 0 Å². The largest absolute Gasteiger partial charge is 0.493 e. The molecule has 21 heavy (non-hydrogen) atoms. The van der Waals surface area contributed by atoms with Gasteiger partial charge in [0.15, 0.2) is 0 Å². The Morgan fingerprint density at radius 2 is 2.10 bits per heavy atom. The summed E-state index contributed by atoms with van der Waals surface area (Å²) in [7, 11) is 0. The second kappa shape index (κ2) is 7.08. The zero-order valence-corrected chi connectivity index (χ0v) is 13.2. The Kier molecular flexibility index (Phi) is 5.40. The fraction of sp³-hybridized carbons (Fsp3) is 0.611. The van der Waals surface area contributed by atoms with Gasteiger partial charge in [-0.15, -0.1) is 0 Å². The van der Waals surface area contributed by atoms with Crippen LogP contribution in [0.15, 0.2) is 24.3 Å². The molecule has 0 saturated heterocycles. The molecule has 0 amide bonds. The average molecular weight is 289 g/mol. The summed E-state index contributed by atoms with van der Waals surface area (Å²) in [6.45, 7) is 5.79. The molecule has 1 atom stereocenters. The number of ether oxygens (including phenoxy) is 1. The van der Waals surface area contributed by atoms with E-state index in [0.29, 0.717) is 37.7 Å². The van der Waals surface area contributed by atoms with Crippen LogP contribution in [0, 0.1) is 5.41 Å². The van der Waals surface area contributed by atoms with Gasteiger partial charge in [-0.25, -0.2) is 0 Å². The van der Waals surface area contributed by atoms with E-state index < -0.39 is 0 Å². The Hall–Kier alpha value is -1.35. The van der Waals surface area contributed by atoms with Gasteiger partial charge in [0.05, 0.1) is 6.61 Å². The lowest BCUT2D eigenvalue weighted by Gasteiger charge is -2.26. The average Bonchev–Trinajstić information content (AvgIpc) is 2.46. The Labute approximate surface area is 127 Å². The fourth-order valence-corrected chi connectivity index (χ4v) is 3.00. The number of ketones is 1. The molecule has 1 unspecified atom stereocenters. The maximum absolute atomic E-state index is 12.3. The first kappa shape index (κ1) is 16.0. The number of rotatable bonds is 7. The molecule has 116 valence electrons. The Morgan fingerprint density at radius 3 is 2.86 bits per heavy atom. The molecule has 1 aromatic rings. The Balaban J connectivity index is 1.89. The van der Waals surface area contributed by atoms with Crippen LogP contribution < -0.4 is 10.5 Å². The van der Waals surface area contributed by atoms with Gasteiger partial charge in [-0.2, -0.15) is 0 Å². The van der Waals surface area contributed by atoms with Crippen molar-refractivity contribution in [3.63, 3.8) is 0 Å². The summed E-state index contributed by atoms with van der Waals surface area (Å²) in [6.07, 6.45) is 4.13. The lowest BCUT2D eigenvalue weighted by molar-refractivity contribution is -0.120. The van der Waals surface area contributed by atoms with Crippen LogP contribution in [0.2, 0.25) is 0 Å². The molecular weight excluding hydrogens is 262 g/mol. The van der Waals surface area contributed by atoms with Gasteiger partial charge >= 0.3 is 0 Å². The molecule has 3 nitrogen and oxygen atoms in total. The van der Waals surface area contributed by atoms with E-state index in [1.807, 2.05) is 18.2 Å². The number of nitrogens with two attached hydrogens (primary N) is 1. The molecule has 1 aliphatic heterocycles. The standard InChI is InChI=1S/C18H27NO2/c1-18(2,10-11-19)9-7-15(20)13-14-8-12-21-17-6-4-3-5-16(14)17/h3-6,14H,7-13,19H2,1-2H3. The first-order valence-electron chi connectivity index (χ1n) is 7.95. The van der Waals surface area contributed by atoms with Crippen molar-refractivity contribution in [1.82, 2.24) is 0 Å². The van der Waals surface area contributed by atoms with Gasteiger partial charge in [0.25, 0.3) is 0 Å². The van der Waals surface area contributed by atoms with Crippen molar-refractivity contribution in [2.75, 3.05) is 13.2 Å². The van der Waals surface area contributed by atoms with Crippen LogP contribution in [0.1, 0.15) is 57.4 Å². The zero-order chi connectivity index (χ0) is 15.3. The first-order valence-corrected chi connectivity index (χ1v) is 7.95. The van der Waals surface area contributed by atoms with Crippen molar-refractivity contribution < 1.29 is 9.53 Å². The van der Waals surface area contributed by atoms with Gasteiger partial charge in [-0.05, 0) is 48.8 Å². The number of hydrogen-bond donors (Lipinski definition) is 1. The molecule has 0 aliphatic carbocycles. The highest BCUT2D eigenvalue weighted by atomic mass is 16.5. The predicted molar refractivity (Wildman–Crippen MR) is 85.6 cm³/mol. The van der Waals surface area contributed by atoms with Crippen LogP contribution in [0.3, 0.4) is 0 Å². The molecule has 2 rings (SSSR count). The Morgan fingerprint density at radius 1 is 1.33 bits per heavy atom. The highest BCUT2D eigenvalue weighted by Crippen LogP contribution is 2.36. The van der Waals surface area contributed by atoms with Crippen LogP contribution in [-0.2, 0) is 4.79 Å². The molecular formula is C18H27NO2. The van der Waals surface area contributed by atoms with E-state index in [-0.39, 0.29) is 5.41 Å².